The molecule has 0 spiro atoms. The normalized spacial score (nSPS) is 14.4. The number of thiazole rings is 1. The van der Waals surface area contributed by atoms with E-state index in [1.54, 1.807) is 4.68 Å². The Kier molecular flexibility index (Phi) is 3.78. The second-order valence-corrected chi connectivity index (χ2v) is 6.77. The van der Waals surface area contributed by atoms with Crippen LogP contribution >= 0.6 is 11.3 Å². The Labute approximate surface area is 137 Å². The standard InChI is InChI=1S/C16H17N5OS/c22-16-20(13-9-5-2-6-10-14(13)23-16)11-15-17-18-19-21(15)12-7-3-1-4-8-12/h1,3-4,7-8H,2,5-6,9-11H2. The zero-order chi connectivity index (χ0) is 15.6. The van der Waals surface area contributed by atoms with Crippen molar-refractivity contribution in [2.45, 2.75) is 38.6 Å². The van der Waals surface area contributed by atoms with Gasteiger partial charge in [-0.1, -0.05) is 36.0 Å². The SMILES string of the molecule is O=c1sc2c(n1Cc1nnnn1-c1ccccc1)CCCCC2. The first-order valence-electron chi connectivity index (χ1n) is 7.87. The molecular weight excluding hydrogens is 310 g/mol. The number of benzene rings is 1. The van der Waals surface area contributed by atoms with Gasteiger partial charge in [0.25, 0.3) is 0 Å². The highest BCUT2D eigenvalue weighted by molar-refractivity contribution is 7.09. The van der Waals surface area contributed by atoms with Crippen LogP contribution in [0.2, 0.25) is 0 Å². The molecule has 1 aliphatic rings. The first kappa shape index (κ1) is 14.3. The highest BCUT2D eigenvalue weighted by atomic mass is 32.1. The minimum Gasteiger partial charge on any atom is -0.295 e. The third kappa shape index (κ3) is 2.72. The molecule has 0 radical (unpaired) electrons. The van der Waals surface area contributed by atoms with Crippen LogP contribution in [0, 0.1) is 0 Å². The zero-order valence-electron chi connectivity index (χ0n) is 12.7. The van der Waals surface area contributed by atoms with Crippen LogP contribution in [-0.4, -0.2) is 24.8 Å². The van der Waals surface area contributed by atoms with Crippen molar-refractivity contribution in [1.82, 2.24) is 24.8 Å². The van der Waals surface area contributed by atoms with Crippen molar-refractivity contribution in [3.8, 4) is 5.69 Å². The molecule has 0 amide bonds. The number of aromatic nitrogens is 5. The molecule has 0 aliphatic heterocycles. The van der Waals surface area contributed by atoms with Gasteiger partial charge in [-0.15, -0.1) is 5.10 Å². The van der Waals surface area contributed by atoms with Crippen LogP contribution in [0.25, 0.3) is 5.69 Å². The summed E-state index contributed by atoms with van der Waals surface area (Å²) < 4.78 is 3.56. The summed E-state index contributed by atoms with van der Waals surface area (Å²) in [6.07, 6.45) is 5.55. The van der Waals surface area contributed by atoms with Crippen molar-refractivity contribution in [2.75, 3.05) is 0 Å². The number of hydrogen-bond acceptors (Lipinski definition) is 5. The third-order valence-corrected chi connectivity index (χ3v) is 5.31. The molecule has 2 aromatic heterocycles. The number of tetrazole rings is 1. The monoisotopic (exact) mass is 327 g/mol. The fourth-order valence-electron chi connectivity index (χ4n) is 3.08. The van der Waals surface area contributed by atoms with Crippen LogP contribution in [0.5, 0.6) is 0 Å². The molecule has 0 saturated heterocycles. The number of nitrogens with zero attached hydrogens (tertiary/aromatic N) is 5. The number of fused-ring (bicyclic) bond motifs is 1. The van der Waals surface area contributed by atoms with E-state index in [0.717, 1.165) is 24.9 Å². The van der Waals surface area contributed by atoms with E-state index in [2.05, 4.69) is 15.5 Å². The van der Waals surface area contributed by atoms with E-state index < -0.39 is 0 Å². The van der Waals surface area contributed by atoms with E-state index in [0.29, 0.717) is 12.4 Å². The summed E-state index contributed by atoms with van der Waals surface area (Å²) in [5, 5.41) is 12.0. The first-order chi connectivity index (χ1) is 11.3. The van der Waals surface area contributed by atoms with Crippen LogP contribution in [0.1, 0.15) is 35.7 Å². The smallest absolute Gasteiger partial charge is 0.295 e. The van der Waals surface area contributed by atoms with Gasteiger partial charge in [0.15, 0.2) is 5.82 Å². The second kappa shape index (κ2) is 6.08. The van der Waals surface area contributed by atoms with Gasteiger partial charge in [0.05, 0.1) is 12.2 Å². The molecule has 1 aliphatic carbocycles. The number of rotatable bonds is 3. The molecule has 0 unspecified atom stereocenters. The maximum absolute atomic E-state index is 12.4. The van der Waals surface area contributed by atoms with Crippen molar-refractivity contribution in [3.05, 3.63) is 56.4 Å². The van der Waals surface area contributed by atoms with Gasteiger partial charge in [-0.2, -0.15) is 4.68 Å². The quantitative estimate of drug-likeness (QED) is 0.692. The minimum atomic E-state index is 0.0968. The lowest BCUT2D eigenvalue weighted by molar-refractivity contribution is 0.644. The van der Waals surface area contributed by atoms with Gasteiger partial charge in [0.2, 0.25) is 0 Å². The van der Waals surface area contributed by atoms with Crippen LogP contribution in [0.3, 0.4) is 0 Å². The van der Waals surface area contributed by atoms with Crippen LogP contribution in [0.15, 0.2) is 35.1 Å². The summed E-state index contributed by atoms with van der Waals surface area (Å²) in [7, 11) is 0. The van der Waals surface area contributed by atoms with Crippen molar-refractivity contribution >= 4 is 11.3 Å². The van der Waals surface area contributed by atoms with E-state index in [1.807, 2.05) is 34.9 Å². The Morgan fingerprint density at radius 2 is 1.91 bits per heavy atom. The van der Waals surface area contributed by atoms with E-state index in [9.17, 15) is 4.79 Å². The lowest BCUT2D eigenvalue weighted by Crippen LogP contribution is -2.19. The molecule has 1 aromatic carbocycles. The van der Waals surface area contributed by atoms with Crippen LogP contribution in [-0.2, 0) is 19.4 Å². The number of hydrogen-bond donors (Lipinski definition) is 0. The minimum absolute atomic E-state index is 0.0968. The van der Waals surface area contributed by atoms with E-state index in [1.165, 1.54) is 34.7 Å². The predicted molar refractivity (Wildman–Crippen MR) is 88.1 cm³/mol. The average molecular weight is 327 g/mol. The second-order valence-electron chi connectivity index (χ2n) is 5.73. The topological polar surface area (TPSA) is 65.6 Å². The molecule has 0 atom stereocenters. The number of para-hydroxylation sites is 1. The maximum atomic E-state index is 12.4. The summed E-state index contributed by atoms with van der Waals surface area (Å²) in [5.74, 6) is 0.683. The maximum Gasteiger partial charge on any atom is 0.307 e. The van der Waals surface area contributed by atoms with Crippen LogP contribution in [0.4, 0.5) is 0 Å². The highest BCUT2D eigenvalue weighted by Crippen LogP contribution is 2.23. The molecular formula is C16H17N5OS. The van der Waals surface area contributed by atoms with Gasteiger partial charge < -0.3 is 0 Å². The molecule has 0 bridgehead atoms. The molecule has 118 valence electrons. The fourth-order valence-corrected chi connectivity index (χ4v) is 4.15. The summed E-state index contributed by atoms with van der Waals surface area (Å²) in [6, 6.07) is 9.76. The summed E-state index contributed by atoms with van der Waals surface area (Å²) in [6.45, 7) is 0.423. The zero-order valence-corrected chi connectivity index (χ0v) is 13.5. The molecule has 7 heteroatoms. The van der Waals surface area contributed by atoms with E-state index >= 15 is 0 Å². The number of aryl methyl sites for hydroxylation is 1. The van der Waals surface area contributed by atoms with Gasteiger partial charge in [-0.3, -0.25) is 9.36 Å². The Morgan fingerprint density at radius 3 is 2.78 bits per heavy atom. The summed E-state index contributed by atoms with van der Waals surface area (Å²) in [4.78, 5) is 13.7. The lowest BCUT2D eigenvalue weighted by atomic mass is 10.2. The fraction of sp³-hybridized carbons (Fsp3) is 0.375. The molecule has 4 rings (SSSR count). The van der Waals surface area contributed by atoms with Gasteiger partial charge in [0, 0.05) is 10.6 Å². The molecule has 0 fully saturated rings. The van der Waals surface area contributed by atoms with Gasteiger partial charge in [0.1, 0.15) is 0 Å². The van der Waals surface area contributed by atoms with Crippen molar-refractivity contribution < 1.29 is 0 Å². The average Bonchev–Trinajstić information content (AvgIpc) is 3.07. The molecule has 23 heavy (non-hydrogen) atoms. The molecule has 3 aromatic rings. The summed E-state index contributed by atoms with van der Waals surface area (Å²) >= 11 is 1.38. The molecule has 0 saturated carbocycles. The first-order valence-corrected chi connectivity index (χ1v) is 8.68. The van der Waals surface area contributed by atoms with Crippen molar-refractivity contribution in [3.63, 3.8) is 0 Å². The van der Waals surface area contributed by atoms with Gasteiger partial charge in [-0.05, 0) is 48.2 Å². The molecule has 0 N–H and O–H groups in total. The van der Waals surface area contributed by atoms with E-state index in [4.69, 9.17) is 0 Å². The Morgan fingerprint density at radius 1 is 1.09 bits per heavy atom. The lowest BCUT2D eigenvalue weighted by Gasteiger charge is -2.08. The van der Waals surface area contributed by atoms with Crippen molar-refractivity contribution in [1.29, 1.82) is 0 Å². The summed E-state index contributed by atoms with van der Waals surface area (Å²) in [5.41, 5.74) is 2.09. The van der Waals surface area contributed by atoms with Gasteiger partial charge >= 0.3 is 4.87 Å². The Bertz CT molecular complexity index is 864. The van der Waals surface area contributed by atoms with E-state index in [-0.39, 0.29) is 4.87 Å². The largest absolute Gasteiger partial charge is 0.307 e. The Hall–Kier alpha value is -2.28. The third-order valence-electron chi connectivity index (χ3n) is 4.23. The predicted octanol–water partition coefficient (Wildman–Crippen LogP) is 2.20. The van der Waals surface area contributed by atoms with Crippen LogP contribution < -0.4 is 4.87 Å². The Balaban J connectivity index is 1.72. The molecule has 2 heterocycles. The van der Waals surface area contributed by atoms with Crippen molar-refractivity contribution in [2.24, 2.45) is 0 Å². The molecule has 6 nitrogen and oxygen atoms in total. The highest BCUT2D eigenvalue weighted by Gasteiger charge is 2.19. The van der Waals surface area contributed by atoms with Gasteiger partial charge in [-0.25, -0.2) is 0 Å².